The maximum atomic E-state index is 13.2. The minimum atomic E-state index is -0.00689. The van der Waals surface area contributed by atoms with Crippen LogP contribution in [0, 0.1) is 35.5 Å². The number of allylic oxidation sites excluding steroid dienone is 2. The maximum Gasteiger partial charge on any atom is 0.147 e. The smallest absolute Gasteiger partial charge is 0.147 e. The van der Waals surface area contributed by atoms with E-state index in [4.69, 9.17) is 0 Å². The Bertz CT molecular complexity index is 1240. The van der Waals surface area contributed by atoms with E-state index >= 15 is 0 Å². The summed E-state index contributed by atoms with van der Waals surface area (Å²) < 4.78 is 0. The van der Waals surface area contributed by atoms with Crippen molar-refractivity contribution in [2.24, 2.45) is 35.5 Å². The number of benzene rings is 3. The SMILES string of the molecule is O=C1C2C=CC1C1C3C(=O)C(CC3c3cccc4cc5ccccc5cc34)C21. The summed E-state index contributed by atoms with van der Waals surface area (Å²) in [6, 6.07) is 19.5. The second kappa shape index (κ2) is 5.00. The van der Waals surface area contributed by atoms with Gasteiger partial charge in [0.2, 0.25) is 0 Å². The zero-order valence-electron chi connectivity index (χ0n) is 15.4. The lowest BCUT2D eigenvalue weighted by Crippen LogP contribution is -2.30. The Kier molecular flexibility index (Phi) is 2.71. The summed E-state index contributed by atoms with van der Waals surface area (Å²) in [5.74, 6) is 1.71. The molecule has 0 spiro atoms. The standard InChI is InChI=1S/C26H20O2/c27-25-17-8-9-18(25)23-22(17)21-12-20(24(23)26(21)28)16-7-3-6-15-10-13-4-1-2-5-14(13)11-19(15)16/h1-11,17-18,20-24H,12H2. The first kappa shape index (κ1) is 15.2. The van der Waals surface area contributed by atoms with Crippen LogP contribution in [0.3, 0.4) is 0 Å². The van der Waals surface area contributed by atoms with Crippen LogP contribution in [0.15, 0.2) is 66.7 Å². The Balaban J connectivity index is 1.40. The summed E-state index contributed by atoms with van der Waals surface area (Å²) in [4.78, 5) is 25.8. The highest BCUT2D eigenvalue weighted by Gasteiger charge is 2.68. The van der Waals surface area contributed by atoms with E-state index in [1.54, 1.807) is 0 Å². The maximum absolute atomic E-state index is 13.2. The Morgan fingerprint density at radius 3 is 2.21 bits per heavy atom. The van der Waals surface area contributed by atoms with Crippen molar-refractivity contribution >= 4 is 33.1 Å². The van der Waals surface area contributed by atoms with Crippen molar-refractivity contribution < 1.29 is 9.59 Å². The van der Waals surface area contributed by atoms with Crippen molar-refractivity contribution in [3.63, 3.8) is 0 Å². The number of ketones is 2. The van der Waals surface area contributed by atoms with Crippen LogP contribution in [0.1, 0.15) is 17.9 Å². The first-order chi connectivity index (χ1) is 13.7. The molecule has 0 saturated heterocycles. The summed E-state index contributed by atoms with van der Waals surface area (Å²) >= 11 is 0. The number of carbonyl (C=O) groups is 2. The van der Waals surface area contributed by atoms with Crippen LogP contribution in [0.4, 0.5) is 0 Å². The predicted molar refractivity (Wildman–Crippen MR) is 109 cm³/mol. The molecule has 4 aliphatic carbocycles. The van der Waals surface area contributed by atoms with Gasteiger partial charge in [-0.25, -0.2) is 0 Å². The second-order valence-electron chi connectivity index (χ2n) is 9.14. The molecule has 3 fully saturated rings. The van der Waals surface area contributed by atoms with Crippen LogP contribution in [-0.2, 0) is 9.59 Å². The van der Waals surface area contributed by atoms with E-state index in [1.165, 1.54) is 27.1 Å². The molecule has 3 saturated carbocycles. The lowest BCUT2D eigenvalue weighted by molar-refractivity contribution is -0.125. The molecule has 0 aromatic heterocycles. The van der Waals surface area contributed by atoms with E-state index < -0.39 is 0 Å². The molecule has 28 heavy (non-hydrogen) atoms. The third kappa shape index (κ3) is 1.66. The van der Waals surface area contributed by atoms with Gasteiger partial charge in [-0.05, 0) is 63.4 Å². The van der Waals surface area contributed by atoms with Crippen molar-refractivity contribution in [1.29, 1.82) is 0 Å². The number of fused-ring (bicyclic) bond motifs is 11. The third-order valence-electron chi connectivity index (χ3n) is 8.15. The van der Waals surface area contributed by atoms with Crippen LogP contribution >= 0.6 is 0 Å². The lowest BCUT2D eigenvalue weighted by Gasteiger charge is -2.34. The molecule has 4 aliphatic rings. The van der Waals surface area contributed by atoms with Crippen molar-refractivity contribution in [1.82, 2.24) is 0 Å². The fourth-order valence-electron chi connectivity index (χ4n) is 7.17. The molecule has 7 atom stereocenters. The molecule has 0 heterocycles. The van der Waals surface area contributed by atoms with Crippen LogP contribution in [0.5, 0.6) is 0 Å². The molecule has 7 unspecified atom stereocenters. The molecular weight excluding hydrogens is 344 g/mol. The quantitative estimate of drug-likeness (QED) is 0.349. The fraction of sp³-hybridized carbons (Fsp3) is 0.308. The molecular formula is C26H20O2. The van der Waals surface area contributed by atoms with Crippen molar-refractivity contribution in [2.45, 2.75) is 12.3 Å². The minimum absolute atomic E-state index is 0.00689. The van der Waals surface area contributed by atoms with Gasteiger partial charge in [-0.3, -0.25) is 9.59 Å². The first-order valence-corrected chi connectivity index (χ1v) is 10.4. The molecule has 136 valence electrons. The van der Waals surface area contributed by atoms with Gasteiger partial charge in [0.1, 0.15) is 11.6 Å². The van der Waals surface area contributed by atoms with Crippen LogP contribution < -0.4 is 0 Å². The van der Waals surface area contributed by atoms with Gasteiger partial charge < -0.3 is 0 Å². The highest BCUT2D eigenvalue weighted by atomic mass is 16.1. The van der Waals surface area contributed by atoms with Gasteiger partial charge in [-0.1, -0.05) is 54.6 Å². The largest absolute Gasteiger partial charge is 0.299 e. The van der Waals surface area contributed by atoms with Gasteiger partial charge in [-0.15, -0.1) is 0 Å². The van der Waals surface area contributed by atoms with E-state index in [0.717, 1.165) is 6.42 Å². The number of hydrogen-bond donors (Lipinski definition) is 0. The van der Waals surface area contributed by atoms with E-state index in [1.807, 2.05) is 0 Å². The Morgan fingerprint density at radius 2 is 1.39 bits per heavy atom. The Hall–Kier alpha value is -2.74. The van der Waals surface area contributed by atoms with Crippen LogP contribution in [0.25, 0.3) is 21.5 Å². The molecule has 3 aromatic carbocycles. The van der Waals surface area contributed by atoms with Crippen molar-refractivity contribution in [2.75, 3.05) is 0 Å². The summed E-state index contributed by atoms with van der Waals surface area (Å²) in [5.41, 5.74) is 1.31. The minimum Gasteiger partial charge on any atom is -0.299 e. The lowest BCUT2D eigenvalue weighted by atomic mass is 9.67. The zero-order valence-corrected chi connectivity index (χ0v) is 15.4. The predicted octanol–water partition coefficient (Wildman–Crippen LogP) is 4.91. The number of rotatable bonds is 1. The highest BCUT2D eigenvalue weighted by Crippen LogP contribution is 2.66. The molecule has 3 aromatic rings. The Labute approximate surface area is 163 Å². The molecule has 7 rings (SSSR count). The van der Waals surface area contributed by atoms with Gasteiger partial charge in [0.25, 0.3) is 0 Å². The number of Topliss-reactive ketones (excluding diaryl/α,β-unsaturated/α-hetero) is 2. The molecule has 2 nitrogen and oxygen atoms in total. The van der Waals surface area contributed by atoms with Crippen molar-refractivity contribution in [3.8, 4) is 0 Å². The summed E-state index contributed by atoms with van der Waals surface area (Å²) in [5, 5.41) is 5.01. The molecule has 0 radical (unpaired) electrons. The molecule has 0 N–H and O–H groups in total. The molecule has 2 heteroatoms. The van der Waals surface area contributed by atoms with Crippen LogP contribution in [0.2, 0.25) is 0 Å². The highest BCUT2D eigenvalue weighted by molar-refractivity contribution is 6.02. The van der Waals surface area contributed by atoms with Crippen molar-refractivity contribution in [3.05, 3.63) is 72.3 Å². The fourth-order valence-corrected chi connectivity index (χ4v) is 7.17. The first-order valence-electron chi connectivity index (χ1n) is 10.4. The summed E-state index contributed by atoms with van der Waals surface area (Å²) in [7, 11) is 0. The molecule has 0 aliphatic heterocycles. The number of hydrogen-bond acceptors (Lipinski definition) is 2. The Morgan fingerprint density at radius 1 is 0.679 bits per heavy atom. The molecule has 0 amide bonds. The van der Waals surface area contributed by atoms with Gasteiger partial charge in [-0.2, -0.15) is 0 Å². The summed E-state index contributed by atoms with van der Waals surface area (Å²) in [6.07, 6.45) is 5.10. The average Bonchev–Trinajstić information content (AvgIpc) is 3.42. The van der Waals surface area contributed by atoms with E-state index in [-0.39, 0.29) is 41.4 Å². The van der Waals surface area contributed by atoms with Crippen LogP contribution in [-0.4, -0.2) is 11.6 Å². The summed E-state index contributed by atoms with van der Waals surface area (Å²) in [6.45, 7) is 0. The topological polar surface area (TPSA) is 34.1 Å². The van der Waals surface area contributed by atoms with E-state index in [0.29, 0.717) is 11.6 Å². The van der Waals surface area contributed by atoms with E-state index in [2.05, 4.69) is 66.7 Å². The van der Waals surface area contributed by atoms with Gasteiger partial charge >= 0.3 is 0 Å². The normalized spacial score (nSPS) is 37.5. The van der Waals surface area contributed by atoms with Gasteiger partial charge in [0.05, 0.1) is 0 Å². The average molecular weight is 364 g/mol. The number of carbonyl (C=O) groups excluding carboxylic acids is 2. The zero-order chi connectivity index (χ0) is 18.6. The molecule has 4 bridgehead atoms. The van der Waals surface area contributed by atoms with E-state index in [9.17, 15) is 9.59 Å². The van der Waals surface area contributed by atoms with Gasteiger partial charge in [0, 0.05) is 23.7 Å². The monoisotopic (exact) mass is 364 g/mol. The van der Waals surface area contributed by atoms with Gasteiger partial charge in [0.15, 0.2) is 0 Å². The third-order valence-corrected chi connectivity index (χ3v) is 8.15. The second-order valence-corrected chi connectivity index (χ2v) is 9.14.